The molecule has 1 aromatic carbocycles. The SMILES string of the molecule is Cc1nc(NC(=O)C2(c3ccc(Br)cc3)CCC2)sc1SCC#N. The predicted molar refractivity (Wildman–Crippen MR) is 101 cm³/mol. The van der Waals surface area contributed by atoms with Crippen molar-refractivity contribution in [2.24, 2.45) is 0 Å². The Balaban J connectivity index is 1.78. The molecule has 124 valence electrons. The monoisotopic (exact) mass is 421 g/mol. The highest BCUT2D eigenvalue weighted by atomic mass is 79.9. The molecule has 24 heavy (non-hydrogen) atoms. The number of benzene rings is 1. The van der Waals surface area contributed by atoms with Crippen molar-refractivity contribution in [3.63, 3.8) is 0 Å². The van der Waals surface area contributed by atoms with Crippen LogP contribution >= 0.6 is 39.0 Å². The van der Waals surface area contributed by atoms with Gasteiger partial charge in [-0.3, -0.25) is 4.79 Å². The molecule has 3 rings (SSSR count). The first-order valence-corrected chi connectivity index (χ1v) is 10.2. The highest BCUT2D eigenvalue weighted by Gasteiger charge is 2.45. The van der Waals surface area contributed by atoms with Crippen molar-refractivity contribution in [3.8, 4) is 6.07 Å². The minimum Gasteiger partial charge on any atom is -0.301 e. The van der Waals surface area contributed by atoms with E-state index < -0.39 is 5.41 Å². The van der Waals surface area contributed by atoms with Gasteiger partial charge in [-0.05, 0) is 37.5 Å². The van der Waals surface area contributed by atoms with Gasteiger partial charge in [0, 0.05) is 4.47 Å². The van der Waals surface area contributed by atoms with Crippen LogP contribution in [0, 0.1) is 18.3 Å². The number of halogens is 1. The lowest BCUT2D eigenvalue weighted by Gasteiger charge is -2.40. The summed E-state index contributed by atoms with van der Waals surface area (Å²) < 4.78 is 1.99. The number of aryl methyl sites for hydroxylation is 1. The fraction of sp³-hybridized carbons (Fsp3) is 0.353. The van der Waals surface area contributed by atoms with Gasteiger partial charge < -0.3 is 5.32 Å². The Morgan fingerprint density at radius 3 is 2.75 bits per heavy atom. The number of hydrogen-bond acceptors (Lipinski definition) is 5. The maximum Gasteiger partial charge on any atom is 0.236 e. The van der Waals surface area contributed by atoms with E-state index in [9.17, 15) is 4.79 Å². The van der Waals surface area contributed by atoms with Gasteiger partial charge in [0.15, 0.2) is 5.13 Å². The van der Waals surface area contributed by atoms with Gasteiger partial charge in [-0.2, -0.15) is 5.26 Å². The molecule has 1 fully saturated rings. The number of rotatable bonds is 5. The lowest BCUT2D eigenvalue weighted by molar-refractivity contribution is -0.124. The standard InChI is InChI=1S/C17H16BrN3OS2/c1-11-14(23-10-9-19)24-16(20-11)21-15(22)17(7-2-8-17)12-3-5-13(18)6-4-12/h3-6H,2,7-8,10H2,1H3,(H,20,21,22). The molecule has 1 aromatic heterocycles. The highest BCUT2D eigenvalue weighted by Crippen LogP contribution is 2.45. The second kappa shape index (κ2) is 7.26. The predicted octanol–water partition coefficient (Wildman–Crippen LogP) is 4.89. The average molecular weight is 422 g/mol. The average Bonchev–Trinajstić information content (AvgIpc) is 2.85. The molecular formula is C17H16BrN3OS2. The number of carbonyl (C=O) groups is 1. The topological polar surface area (TPSA) is 65.8 Å². The van der Waals surface area contributed by atoms with E-state index in [4.69, 9.17) is 5.26 Å². The molecular weight excluding hydrogens is 406 g/mol. The molecule has 1 aliphatic rings. The summed E-state index contributed by atoms with van der Waals surface area (Å²) in [6.07, 6.45) is 2.78. The Bertz CT molecular complexity index is 791. The molecule has 1 aliphatic carbocycles. The molecule has 1 heterocycles. The minimum absolute atomic E-state index is 0.0154. The lowest BCUT2D eigenvalue weighted by atomic mass is 9.64. The molecule has 0 atom stereocenters. The summed E-state index contributed by atoms with van der Waals surface area (Å²) in [4.78, 5) is 17.4. The summed E-state index contributed by atoms with van der Waals surface area (Å²) in [6, 6.07) is 10.1. The van der Waals surface area contributed by atoms with Crippen molar-refractivity contribution in [2.45, 2.75) is 35.8 Å². The maximum atomic E-state index is 12.9. The van der Waals surface area contributed by atoms with Gasteiger partial charge in [0.25, 0.3) is 0 Å². The molecule has 0 unspecified atom stereocenters. The zero-order valence-corrected chi connectivity index (χ0v) is 16.4. The van der Waals surface area contributed by atoms with Gasteiger partial charge in [-0.25, -0.2) is 4.98 Å². The zero-order chi connectivity index (χ0) is 17.2. The molecule has 0 radical (unpaired) electrons. The van der Waals surface area contributed by atoms with Gasteiger partial charge in [0.2, 0.25) is 5.91 Å². The van der Waals surface area contributed by atoms with E-state index in [0.717, 1.165) is 39.2 Å². The minimum atomic E-state index is -0.444. The molecule has 1 saturated carbocycles. The highest BCUT2D eigenvalue weighted by molar-refractivity contribution is 9.10. The summed E-state index contributed by atoms with van der Waals surface area (Å²) in [7, 11) is 0. The molecule has 0 aliphatic heterocycles. The molecule has 0 spiro atoms. The van der Waals surface area contributed by atoms with Crippen LogP contribution in [-0.2, 0) is 10.2 Å². The largest absolute Gasteiger partial charge is 0.301 e. The number of aromatic nitrogens is 1. The fourth-order valence-electron chi connectivity index (χ4n) is 2.83. The van der Waals surface area contributed by atoms with Gasteiger partial charge in [0.1, 0.15) is 0 Å². The van der Waals surface area contributed by atoms with E-state index in [2.05, 4.69) is 32.3 Å². The van der Waals surface area contributed by atoms with Crippen LogP contribution in [0.4, 0.5) is 5.13 Å². The Hall–Kier alpha value is -1.36. The van der Waals surface area contributed by atoms with Crippen molar-refractivity contribution in [2.75, 3.05) is 11.1 Å². The van der Waals surface area contributed by atoms with Crippen molar-refractivity contribution in [1.82, 2.24) is 4.98 Å². The summed E-state index contributed by atoms with van der Waals surface area (Å²) in [5, 5.41) is 12.3. The van der Waals surface area contributed by atoms with E-state index >= 15 is 0 Å². The van der Waals surface area contributed by atoms with E-state index in [1.165, 1.54) is 23.1 Å². The van der Waals surface area contributed by atoms with Crippen LogP contribution in [0.1, 0.15) is 30.5 Å². The van der Waals surface area contributed by atoms with Gasteiger partial charge in [0.05, 0.1) is 27.1 Å². The molecule has 0 bridgehead atoms. The van der Waals surface area contributed by atoms with Crippen LogP contribution in [0.25, 0.3) is 0 Å². The third-order valence-electron chi connectivity index (χ3n) is 4.28. The van der Waals surface area contributed by atoms with Crippen molar-refractivity contribution in [3.05, 3.63) is 40.0 Å². The van der Waals surface area contributed by atoms with E-state index in [1.807, 2.05) is 31.2 Å². The Morgan fingerprint density at radius 1 is 1.46 bits per heavy atom. The quantitative estimate of drug-likeness (QED) is 0.697. The zero-order valence-electron chi connectivity index (χ0n) is 13.1. The lowest BCUT2D eigenvalue weighted by Crippen LogP contribution is -2.45. The summed E-state index contributed by atoms with van der Waals surface area (Å²) in [5.74, 6) is 0.404. The van der Waals surface area contributed by atoms with Crippen LogP contribution in [0.15, 0.2) is 32.9 Å². The first kappa shape index (κ1) is 17.5. The number of thioether (sulfide) groups is 1. The molecule has 1 amide bonds. The van der Waals surface area contributed by atoms with E-state index in [-0.39, 0.29) is 5.91 Å². The normalized spacial score (nSPS) is 15.4. The summed E-state index contributed by atoms with van der Waals surface area (Å²) >= 11 is 6.34. The number of nitriles is 1. The van der Waals surface area contributed by atoms with Gasteiger partial charge in [-0.1, -0.05) is 57.6 Å². The van der Waals surface area contributed by atoms with Crippen LogP contribution in [0.3, 0.4) is 0 Å². The van der Waals surface area contributed by atoms with Crippen molar-refractivity contribution < 1.29 is 4.79 Å². The first-order chi connectivity index (χ1) is 11.5. The van der Waals surface area contributed by atoms with Crippen molar-refractivity contribution >= 4 is 50.1 Å². The van der Waals surface area contributed by atoms with E-state index in [1.54, 1.807) is 0 Å². The number of hydrogen-bond donors (Lipinski definition) is 1. The van der Waals surface area contributed by atoms with Gasteiger partial charge >= 0.3 is 0 Å². The smallest absolute Gasteiger partial charge is 0.236 e. The molecule has 1 N–H and O–H groups in total. The third-order valence-corrected chi connectivity index (χ3v) is 7.11. The molecule has 4 nitrogen and oxygen atoms in total. The molecule has 2 aromatic rings. The number of nitrogens with one attached hydrogen (secondary N) is 1. The third kappa shape index (κ3) is 3.37. The number of amides is 1. The first-order valence-electron chi connectivity index (χ1n) is 7.60. The number of nitrogens with zero attached hydrogens (tertiary/aromatic N) is 2. The summed E-state index contributed by atoms with van der Waals surface area (Å²) in [6.45, 7) is 1.90. The molecule has 7 heteroatoms. The van der Waals surface area contributed by atoms with Crippen LogP contribution in [0.2, 0.25) is 0 Å². The van der Waals surface area contributed by atoms with Crippen molar-refractivity contribution in [1.29, 1.82) is 5.26 Å². The van der Waals surface area contributed by atoms with Crippen LogP contribution in [-0.4, -0.2) is 16.6 Å². The Kier molecular flexibility index (Phi) is 5.28. The number of thiazole rings is 1. The second-order valence-corrected chi connectivity index (χ2v) is 8.89. The summed E-state index contributed by atoms with van der Waals surface area (Å²) in [5.41, 5.74) is 1.48. The van der Waals surface area contributed by atoms with Crippen LogP contribution in [0.5, 0.6) is 0 Å². The maximum absolute atomic E-state index is 12.9. The number of anilines is 1. The molecule has 0 saturated heterocycles. The van der Waals surface area contributed by atoms with Gasteiger partial charge in [-0.15, -0.1) is 0 Å². The Labute approximate surface area is 157 Å². The second-order valence-electron chi connectivity index (χ2n) is 5.74. The fourth-order valence-corrected chi connectivity index (χ4v) is 4.89. The van der Waals surface area contributed by atoms with E-state index in [0.29, 0.717) is 10.9 Å². The Morgan fingerprint density at radius 2 is 2.17 bits per heavy atom. The van der Waals surface area contributed by atoms with Crippen LogP contribution < -0.4 is 5.32 Å². The number of carbonyl (C=O) groups excluding carboxylic acids is 1.